The molecule has 0 unspecified atom stereocenters. The first-order valence-corrected chi connectivity index (χ1v) is 7.69. The summed E-state index contributed by atoms with van der Waals surface area (Å²) in [5.41, 5.74) is 0.495. The Morgan fingerprint density at radius 2 is 2.14 bits per heavy atom. The molecule has 0 spiro atoms. The van der Waals surface area contributed by atoms with Gasteiger partial charge in [0.15, 0.2) is 0 Å². The number of fused-ring (bicyclic) bond motifs is 1. The summed E-state index contributed by atoms with van der Waals surface area (Å²) in [4.78, 5) is 25.9. The highest BCUT2D eigenvalue weighted by Gasteiger charge is 2.47. The molecule has 3 atom stereocenters. The van der Waals surface area contributed by atoms with Crippen LogP contribution in [-0.2, 0) is 11.3 Å². The number of aliphatic carboxylic acids is 1. The SMILES string of the molecule is CCn1cc(C(=O)N2[C@H](C(=O)O)C[C@H]3CCCC[C@@H]32)cn1. The Morgan fingerprint density at radius 1 is 1.38 bits per heavy atom. The number of carbonyl (C=O) groups excluding carboxylic acids is 1. The topological polar surface area (TPSA) is 75.4 Å². The number of hydrogen-bond acceptors (Lipinski definition) is 3. The Labute approximate surface area is 123 Å². The minimum atomic E-state index is -0.888. The van der Waals surface area contributed by atoms with Crippen molar-refractivity contribution < 1.29 is 14.7 Å². The third-order valence-corrected chi connectivity index (χ3v) is 4.81. The van der Waals surface area contributed by atoms with E-state index in [4.69, 9.17) is 0 Å². The van der Waals surface area contributed by atoms with E-state index in [1.54, 1.807) is 22.0 Å². The van der Waals surface area contributed by atoms with Gasteiger partial charge in [-0.05, 0) is 32.1 Å². The van der Waals surface area contributed by atoms with Gasteiger partial charge in [0.25, 0.3) is 5.91 Å². The Morgan fingerprint density at radius 3 is 2.81 bits per heavy atom. The molecular weight excluding hydrogens is 270 g/mol. The second kappa shape index (κ2) is 5.50. The van der Waals surface area contributed by atoms with Crippen LogP contribution in [0, 0.1) is 5.92 Å². The van der Waals surface area contributed by atoms with Crippen LogP contribution in [0.15, 0.2) is 12.4 Å². The molecule has 3 rings (SSSR count). The second-order valence-electron chi connectivity index (χ2n) is 6.00. The Kier molecular flexibility index (Phi) is 3.69. The molecule has 1 saturated heterocycles. The van der Waals surface area contributed by atoms with Gasteiger partial charge in [0.05, 0.1) is 11.8 Å². The molecule has 0 aromatic carbocycles. The third-order valence-electron chi connectivity index (χ3n) is 4.81. The van der Waals surface area contributed by atoms with Gasteiger partial charge < -0.3 is 10.0 Å². The maximum Gasteiger partial charge on any atom is 0.326 e. The quantitative estimate of drug-likeness (QED) is 0.920. The number of aryl methyl sites for hydroxylation is 1. The van der Waals surface area contributed by atoms with E-state index in [0.29, 0.717) is 24.4 Å². The molecule has 1 aromatic heterocycles. The van der Waals surface area contributed by atoms with Gasteiger partial charge in [-0.3, -0.25) is 9.48 Å². The number of rotatable bonds is 3. The van der Waals surface area contributed by atoms with Crippen LogP contribution in [0.25, 0.3) is 0 Å². The zero-order valence-corrected chi connectivity index (χ0v) is 12.2. The van der Waals surface area contributed by atoms with Gasteiger partial charge in [0, 0.05) is 18.8 Å². The van der Waals surface area contributed by atoms with Crippen LogP contribution < -0.4 is 0 Å². The van der Waals surface area contributed by atoms with Crippen molar-refractivity contribution in [2.45, 2.75) is 57.7 Å². The van der Waals surface area contributed by atoms with Crippen molar-refractivity contribution >= 4 is 11.9 Å². The molecule has 1 aromatic rings. The van der Waals surface area contributed by atoms with Crippen molar-refractivity contribution in [3.8, 4) is 0 Å². The molecule has 21 heavy (non-hydrogen) atoms. The van der Waals surface area contributed by atoms with E-state index >= 15 is 0 Å². The maximum atomic E-state index is 12.8. The van der Waals surface area contributed by atoms with Gasteiger partial charge in [-0.2, -0.15) is 5.10 Å². The van der Waals surface area contributed by atoms with E-state index in [-0.39, 0.29) is 11.9 Å². The van der Waals surface area contributed by atoms with E-state index in [1.807, 2.05) is 6.92 Å². The predicted molar refractivity (Wildman–Crippen MR) is 75.9 cm³/mol. The number of carbonyl (C=O) groups is 2. The van der Waals surface area contributed by atoms with Gasteiger partial charge in [-0.1, -0.05) is 12.8 Å². The largest absolute Gasteiger partial charge is 0.480 e. The summed E-state index contributed by atoms with van der Waals surface area (Å²) in [5.74, 6) is -0.734. The first-order chi connectivity index (χ1) is 10.1. The molecule has 1 aliphatic carbocycles. The Balaban J connectivity index is 1.88. The molecule has 1 N–H and O–H groups in total. The molecular formula is C15H21N3O3. The lowest BCUT2D eigenvalue weighted by Crippen LogP contribution is -2.46. The summed E-state index contributed by atoms with van der Waals surface area (Å²) >= 11 is 0. The summed E-state index contributed by atoms with van der Waals surface area (Å²) in [6, 6.07) is -0.604. The van der Waals surface area contributed by atoms with Gasteiger partial charge >= 0.3 is 5.97 Å². The van der Waals surface area contributed by atoms with Crippen molar-refractivity contribution in [3.05, 3.63) is 18.0 Å². The van der Waals surface area contributed by atoms with Gasteiger partial charge in [0.2, 0.25) is 0 Å². The zero-order chi connectivity index (χ0) is 15.0. The molecule has 2 fully saturated rings. The highest BCUT2D eigenvalue weighted by atomic mass is 16.4. The van der Waals surface area contributed by atoms with E-state index in [0.717, 1.165) is 25.7 Å². The molecule has 2 aliphatic rings. The number of likely N-dealkylation sites (tertiary alicyclic amines) is 1. The Bertz CT molecular complexity index is 554. The third kappa shape index (κ3) is 2.43. The highest BCUT2D eigenvalue weighted by Crippen LogP contribution is 2.40. The fourth-order valence-electron chi connectivity index (χ4n) is 3.77. The minimum Gasteiger partial charge on any atom is -0.480 e. The molecule has 1 saturated carbocycles. The van der Waals surface area contributed by atoms with Crippen molar-refractivity contribution in [1.82, 2.24) is 14.7 Å². The van der Waals surface area contributed by atoms with Crippen LogP contribution in [0.3, 0.4) is 0 Å². The Hall–Kier alpha value is -1.85. The summed E-state index contributed by atoms with van der Waals surface area (Å²) in [7, 11) is 0. The minimum absolute atomic E-state index is 0.0809. The van der Waals surface area contributed by atoms with E-state index in [1.165, 1.54) is 0 Å². The van der Waals surface area contributed by atoms with Gasteiger partial charge in [-0.15, -0.1) is 0 Å². The number of amides is 1. The monoisotopic (exact) mass is 291 g/mol. The number of carboxylic acid groups (broad SMARTS) is 1. The number of hydrogen-bond donors (Lipinski definition) is 1. The molecule has 2 heterocycles. The number of aromatic nitrogens is 2. The number of carboxylic acids is 1. The molecule has 0 radical (unpaired) electrons. The van der Waals surface area contributed by atoms with Crippen LogP contribution in [0.4, 0.5) is 0 Å². The second-order valence-corrected chi connectivity index (χ2v) is 6.00. The summed E-state index contributed by atoms with van der Waals surface area (Å²) in [6.45, 7) is 2.65. The molecule has 1 aliphatic heterocycles. The normalized spacial score (nSPS) is 28.4. The van der Waals surface area contributed by atoms with E-state index < -0.39 is 12.0 Å². The van der Waals surface area contributed by atoms with Crippen molar-refractivity contribution in [2.24, 2.45) is 5.92 Å². The fraction of sp³-hybridized carbons (Fsp3) is 0.667. The van der Waals surface area contributed by atoms with Crippen LogP contribution in [-0.4, -0.2) is 43.7 Å². The molecule has 6 nitrogen and oxygen atoms in total. The lowest BCUT2D eigenvalue weighted by molar-refractivity contribution is -0.141. The van der Waals surface area contributed by atoms with Crippen LogP contribution in [0.5, 0.6) is 0 Å². The number of nitrogens with zero attached hydrogens (tertiary/aromatic N) is 3. The van der Waals surface area contributed by atoms with E-state index in [2.05, 4.69) is 5.10 Å². The van der Waals surface area contributed by atoms with Crippen LogP contribution in [0.1, 0.15) is 49.4 Å². The van der Waals surface area contributed by atoms with Gasteiger partial charge in [0.1, 0.15) is 6.04 Å². The van der Waals surface area contributed by atoms with Crippen molar-refractivity contribution in [2.75, 3.05) is 0 Å². The average molecular weight is 291 g/mol. The van der Waals surface area contributed by atoms with Crippen LogP contribution in [0.2, 0.25) is 0 Å². The average Bonchev–Trinajstić information content (AvgIpc) is 3.11. The summed E-state index contributed by atoms with van der Waals surface area (Å²) in [6.07, 6.45) is 8.01. The lowest BCUT2D eigenvalue weighted by atomic mass is 9.84. The molecule has 6 heteroatoms. The molecule has 0 bridgehead atoms. The van der Waals surface area contributed by atoms with Crippen molar-refractivity contribution in [1.29, 1.82) is 0 Å². The summed E-state index contributed by atoms with van der Waals surface area (Å²) in [5, 5.41) is 13.6. The highest BCUT2D eigenvalue weighted by molar-refractivity contribution is 5.96. The lowest BCUT2D eigenvalue weighted by Gasteiger charge is -2.32. The van der Waals surface area contributed by atoms with Crippen LogP contribution >= 0.6 is 0 Å². The summed E-state index contributed by atoms with van der Waals surface area (Å²) < 4.78 is 1.69. The standard InChI is InChI=1S/C15H21N3O3/c1-2-17-9-11(8-16-17)14(19)18-12-6-4-3-5-10(12)7-13(18)15(20)21/h8-10,12-13H,2-7H2,1H3,(H,20,21)/t10-,12+,13+/m1/s1. The van der Waals surface area contributed by atoms with Gasteiger partial charge in [-0.25, -0.2) is 4.79 Å². The van der Waals surface area contributed by atoms with E-state index in [9.17, 15) is 14.7 Å². The first kappa shape index (κ1) is 14.1. The smallest absolute Gasteiger partial charge is 0.326 e. The molecule has 1 amide bonds. The molecule has 114 valence electrons. The first-order valence-electron chi connectivity index (χ1n) is 7.69. The fourth-order valence-corrected chi connectivity index (χ4v) is 3.77. The zero-order valence-electron chi connectivity index (χ0n) is 12.2. The maximum absolute atomic E-state index is 12.8. The van der Waals surface area contributed by atoms with Crippen molar-refractivity contribution in [3.63, 3.8) is 0 Å². The predicted octanol–water partition coefficient (Wildman–Crippen LogP) is 1.76.